The molecule has 132 valence electrons. The van der Waals surface area contributed by atoms with Crippen molar-refractivity contribution in [2.75, 3.05) is 0 Å². The highest BCUT2D eigenvalue weighted by Crippen LogP contribution is 2.37. The predicted octanol–water partition coefficient (Wildman–Crippen LogP) is 4.21. The largest absolute Gasteiger partial charge is 0.506 e. The van der Waals surface area contributed by atoms with Crippen LogP contribution in [-0.4, -0.2) is 21.1 Å². The second kappa shape index (κ2) is 6.76. The van der Waals surface area contributed by atoms with Gasteiger partial charge in [-0.25, -0.2) is 0 Å². The Labute approximate surface area is 146 Å². The number of aryl methyl sites for hydroxylation is 3. The van der Waals surface area contributed by atoms with Crippen LogP contribution in [0.1, 0.15) is 34.1 Å². The molecule has 0 fully saturated rings. The zero-order valence-electron chi connectivity index (χ0n) is 13.8. The maximum Gasteiger partial charge on any atom is 0.408 e. The summed E-state index contributed by atoms with van der Waals surface area (Å²) in [6, 6.07) is 1.50. The summed E-state index contributed by atoms with van der Waals surface area (Å²) in [5, 5.41) is 16.6. The van der Waals surface area contributed by atoms with Crippen molar-refractivity contribution in [1.82, 2.24) is 15.1 Å². The summed E-state index contributed by atoms with van der Waals surface area (Å²) < 4.78 is 42.6. The second-order valence-corrected chi connectivity index (χ2v) is 6.67. The van der Waals surface area contributed by atoms with E-state index in [9.17, 15) is 18.3 Å². The average Bonchev–Trinajstić information content (AvgIpc) is 2.69. The van der Waals surface area contributed by atoms with Gasteiger partial charge in [0.05, 0.1) is 10.2 Å². The molecule has 4 nitrogen and oxygen atoms in total. The van der Waals surface area contributed by atoms with Gasteiger partial charge in [-0.3, -0.25) is 10.00 Å². The zero-order valence-corrected chi connectivity index (χ0v) is 15.4. The number of hydrogen-bond acceptors (Lipinski definition) is 3. The SMILES string of the molecule is Cc1cc(Br)c(O)c(CN[C@H](c2c(C)nn(C)c2C)C(F)(F)F)c1. The minimum atomic E-state index is -4.48. The Balaban J connectivity index is 2.35. The normalized spacial score (nSPS) is 13.3. The van der Waals surface area contributed by atoms with Gasteiger partial charge >= 0.3 is 6.18 Å². The van der Waals surface area contributed by atoms with Crippen molar-refractivity contribution in [3.05, 3.63) is 44.7 Å². The molecular weight excluding hydrogens is 387 g/mol. The van der Waals surface area contributed by atoms with Crippen LogP contribution in [0.15, 0.2) is 16.6 Å². The molecule has 1 aromatic carbocycles. The molecule has 0 amide bonds. The van der Waals surface area contributed by atoms with E-state index in [0.29, 0.717) is 21.4 Å². The lowest BCUT2D eigenvalue weighted by molar-refractivity contribution is -0.158. The Morgan fingerprint density at radius 1 is 1.29 bits per heavy atom. The van der Waals surface area contributed by atoms with E-state index < -0.39 is 12.2 Å². The Morgan fingerprint density at radius 3 is 2.42 bits per heavy atom. The highest BCUT2D eigenvalue weighted by Gasteiger charge is 2.43. The Morgan fingerprint density at radius 2 is 1.92 bits per heavy atom. The van der Waals surface area contributed by atoms with E-state index >= 15 is 0 Å². The number of nitrogens with one attached hydrogen (secondary N) is 1. The molecule has 2 rings (SSSR count). The lowest BCUT2D eigenvalue weighted by atomic mass is 10.0. The number of aromatic hydroxyl groups is 1. The van der Waals surface area contributed by atoms with Gasteiger partial charge in [-0.05, 0) is 48.3 Å². The molecule has 0 aliphatic carbocycles. The van der Waals surface area contributed by atoms with E-state index in [-0.39, 0.29) is 17.9 Å². The number of hydrogen-bond donors (Lipinski definition) is 2. The quantitative estimate of drug-likeness (QED) is 0.800. The molecule has 0 spiro atoms. The topological polar surface area (TPSA) is 50.1 Å². The Kier molecular flexibility index (Phi) is 5.29. The molecule has 0 saturated carbocycles. The van der Waals surface area contributed by atoms with E-state index in [1.54, 1.807) is 33.0 Å². The van der Waals surface area contributed by atoms with Crippen molar-refractivity contribution >= 4 is 15.9 Å². The third kappa shape index (κ3) is 3.75. The van der Waals surface area contributed by atoms with Gasteiger partial charge in [-0.2, -0.15) is 18.3 Å². The number of alkyl halides is 3. The first kappa shape index (κ1) is 18.8. The van der Waals surface area contributed by atoms with Crippen LogP contribution in [0, 0.1) is 20.8 Å². The smallest absolute Gasteiger partial charge is 0.408 e. The number of benzene rings is 1. The van der Waals surface area contributed by atoms with Crippen LogP contribution in [0.2, 0.25) is 0 Å². The number of phenols is 1. The van der Waals surface area contributed by atoms with Gasteiger partial charge in [0.1, 0.15) is 11.8 Å². The summed E-state index contributed by atoms with van der Waals surface area (Å²) in [5.74, 6) is -0.0614. The van der Waals surface area contributed by atoms with E-state index in [0.717, 1.165) is 5.56 Å². The molecule has 2 aromatic rings. The van der Waals surface area contributed by atoms with Crippen molar-refractivity contribution in [2.45, 2.75) is 39.5 Å². The molecule has 0 aliphatic rings. The maximum atomic E-state index is 13.6. The van der Waals surface area contributed by atoms with Crippen molar-refractivity contribution in [3.63, 3.8) is 0 Å². The molecule has 0 saturated heterocycles. The molecule has 1 atom stereocenters. The molecule has 1 aromatic heterocycles. The molecule has 0 unspecified atom stereocenters. The van der Waals surface area contributed by atoms with Crippen LogP contribution in [0.25, 0.3) is 0 Å². The summed E-state index contributed by atoms with van der Waals surface area (Å²) in [6.45, 7) is 4.86. The van der Waals surface area contributed by atoms with Crippen LogP contribution >= 0.6 is 15.9 Å². The summed E-state index contributed by atoms with van der Waals surface area (Å²) >= 11 is 3.20. The maximum absolute atomic E-state index is 13.6. The first-order valence-electron chi connectivity index (χ1n) is 7.30. The highest BCUT2D eigenvalue weighted by atomic mass is 79.9. The van der Waals surface area contributed by atoms with Crippen LogP contribution in [0.5, 0.6) is 5.75 Å². The van der Waals surface area contributed by atoms with Gasteiger partial charge in [-0.1, -0.05) is 6.07 Å². The Bertz CT molecular complexity index is 756. The molecule has 0 bridgehead atoms. The summed E-state index contributed by atoms with van der Waals surface area (Å²) in [5.41, 5.74) is 2.15. The van der Waals surface area contributed by atoms with Crippen molar-refractivity contribution in [1.29, 1.82) is 0 Å². The number of rotatable bonds is 4. The fourth-order valence-corrected chi connectivity index (χ4v) is 3.36. The Hall–Kier alpha value is -1.54. The zero-order chi connectivity index (χ0) is 18.2. The molecular formula is C16H19BrF3N3O. The van der Waals surface area contributed by atoms with E-state index in [1.807, 2.05) is 6.92 Å². The van der Waals surface area contributed by atoms with Crippen LogP contribution in [0.3, 0.4) is 0 Å². The van der Waals surface area contributed by atoms with Crippen molar-refractivity contribution in [3.8, 4) is 5.75 Å². The number of aromatic nitrogens is 2. The van der Waals surface area contributed by atoms with E-state index in [2.05, 4.69) is 26.3 Å². The summed E-state index contributed by atoms with van der Waals surface area (Å²) in [7, 11) is 1.61. The van der Waals surface area contributed by atoms with Gasteiger partial charge in [0.25, 0.3) is 0 Å². The van der Waals surface area contributed by atoms with Crippen LogP contribution in [0.4, 0.5) is 13.2 Å². The second-order valence-electron chi connectivity index (χ2n) is 5.82. The minimum Gasteiger partial charge on any atom is -0.506 e. The molecule has 0 radical (unpaired) electrons. The molecule has 1 heterocycles. The lowest BCUT2D eigenvalue weighted by Gasteiger charge is -2.23. The number of nitrogens with zero attached hydrogens (tertiary/aromatic N) is 2. The number of phenolic OH excluding ortho intramolecular Hbond substituents is 1. The molecule has 0 aliphatic heterocycles. The van der Waals surface area contributed by atoms with E-state index in [1.165, 1.54) is 4.68 Å². The van der Waals surface area contributed by atoms with E-state index in [4.69, 9.17) is 0 Å². The molecule has 8 heteroatoms. The third-order valence-electron chi connectivity index (χ3n) is 3.96. The molecule has 24 heavy (non-hydrogen) atoms. The van der Waals surface area contributed by atoms with Gasteiger partial charge in [-0.15, -0.1) is 0 Å². The highest BCUT2D eigenvalue weighted by molar-refractivity contribution is 9.10. The first-order valence-corrected chi connectivity index (χ1v) is 8.09. The lowest BCUT2D eigenvalue weighted by Crippen LogP contribution is -2.34. The van der Waals surface area contributed by atoms with Gasteiger partial charge in [0.15, 0.2) is 0 Å². The van der Waals surface area contributed by atoms with Crippen LogP contribution in [-0.2, 0) is 13.6 Å². The van der Waals surface area contributed by atoms with Crippen molar-refractivity contribution < 1.29 is 18.3 Å². The fraction of sp³-hybridized carbons (Fsp3) is 0.438. The predicted molar refractivity (Wildman–Crippen MR) is 88.9 cm³/mol. The monoisotopic (exact) mass is 405 g/mol. The molecule has 2 N–H and O–H groups in total. The minimum absolute atomic E-state index is 0.0614. The summed E-state index contributed by atoms with van der Waals surface area (Å²) in [4.78, 5) is 0. The third-order valence-corrected chi connectivity index (χ3v) is 4.57. The average molecular weight is 406 g/mol. The fourth-order valence-electron chi connectivity index (χ4n) is 2.74. The first-order chi connectivity index (χ1) is 11.0. The van der Waals surface area contributed by atoms with Crippen LogP contribution < -0.4 is 5.32 Å². The van der Waals surface area contributed by atoms with Gasteiger partial charge in [0.2, 0.25) is 0 Å². The van der Waals surface area contributed by atoms with Gasteiger partial charge in [0, 0.05) is 30.4 Å². The van der Waals surface area contributed by atoms with Crippen molar-refractivity contribution in [2.24, 2.45) is 7.05 Å². The standard InChI is InChI=1S/C16H19BrF3N3O/c1-8-5-11(14(24)12(17)6-8)7-21-15(16(18,19)20)13-9(2)22-23(4)10(13)3/h5-6,15,21,24H,7H2,1-4H3/t15-/m1/s1. The number of halogens is 4. The summed E-state index contributed by atoms with van der Waals surface area (Å²) in [6.07, 6.45) is -4.48. The van der Waals surface area contributed by atoms with Gasteiger partial charge < -0.3 is 5.11 Å².